The van der Waals surface area contributed by atoms with Crippen LogP contribution in [0.25, 0.3) is 0 Å². The Morgan fingerprint density at radius 2 is 1.92 bits per heavy atom. The predicted molar refractivity (Wildman–Crippen MR) is 100 cm³/mol. The molecule has 0 bridgehead atoms. The molecule has 1 aromatic carbocycles. The van der Waals surface area contributed by atoms with Crippen molar-refractivity contribution in [2.24, 2.45) is 4.99 Å². The average molecular weight is 327 g/mol. The van der Waals surface area contributed by atoms with Crippen molar-refractivity contribution < 1.29 is 0 Å². The van der Waals surface area contributed by atoms with Crippen LogP contribution in [0.4, 0.5) is 0 Å². The van der Waals surface area contributed by atoms with E-state index in [1.807, 2.05) is 16.9 Å². The molecule has 0 amide bonds. The smallest absolute Gasteiger partial charge is 0.191 e. The predicted octanol–water partition coefficient (Wildman–Crippen LogP) is 2.94. The zero-order chi connectivity index (χ0) is 17.4. The molecule has 0 aliphatic rings. The summed E-state index contributed by atoms with van der Waals surface area (Å²) < 4.78 is 1.94. The lowest BCUT2D eigenvalue weighted by atomic mass is 9.87. The molecule has 0 aliphatic heterocycles. The van der Waals surface area contributed by atoms with E-state index >= 15 is 0 Å². The van der Waals surface area contributed by atoms with Crippen molar-refractivity contribution >= 4 is 5.96 Å². The van der Waals surface area contributed by atoms with Crippen LogP contribution in [0, 0.1) is 0 Å². The van der Waals surface area contributed by atoms with Crippen LogP contribution in [0.2, 0.25) is 0 Å². The Kier molecular flexibility index (Phi) is 6.41. The van der Waals surface area contributed by atoms with Crippen LogP contribution in [0.15, 0.2) is 47.7 Å². The van der Waals surface area contributed by atoms with Crippen molar-refractivity contribution in [2.75, 3.05) is 13.6 Å². The fourth-order valence-electron chi connectivity index (χ4n) is 2.41. The van der Waals surface area contributed by atoms with E-state index < -0.39 is 0 Å². The van der Waals surface area contributed by atoms with Gasteiger partial charge in [-0.2, -0.15) is 5.10 Å². The van der Waals surface area contributed by atoms with Gasteiger partial charge in [0, 0.05) is 39.1 Å². The Bertz CT molecular complexity index is 621. The topological polar surface area (TPSA) is 54.2 Å². The summed E-state index contributed by atoms with van der Waals surface area (Å²) in [6.07, 6.45) is 4.79. The second-order valence-electron chi connectivity index (χ2n) is 6.92. The SMILES string of the molecule is CN=C(NCCCn1cccn1)NCc1ccc(C(C)(C)C)cc1. The Morgan fingerprint density at radius 1 is 1.17 bits per heavy atom. The van der Waals surface area contributed by atoms with Gasteiger partial charge in [-0.3, -0.25) is 9.67 Å². The third kappa shape index (κ3) is 5.72. The van der Waals surface area contributed by atoms with Gasteiger partial charge in [-0.25, -0.2) is 0 Å². The van der Waals surface area contributed by atoms with Gasteiger partial charge in [0.1, 0.15) is 0 Å². The molecule has 2 N–H and O–H groups in total. The van der Waals surface area contributed by atoms with Gasteiger partial charge in [0.15, 0.2) is 5.96 Å². The van der Waals surface area contributed by atoms with E-state index in [4.69, 9.17) is 0 Å². The number of guanidine groups is 1. The van der Waals surface area contributed by atoms with Crippen LogP contribution in [0.5, 0.6) is 0 Å². The molecule has 24 heavy (non-hydrogen) atoms. The van der Waals surface area contributed by atoms with E-state index in [9.17, 15) is 0 Å². The first-order valence-corrected chi connectivity index (χ1v) is 8.50. The molecule has 0 spiro atoms. The van der Waals surface area contributed by atoms with Crippen LogP contribution < -0.4 is 10.6 Å². The minimum absolute atomic E-state index is 0.193. The van der Waals surface area contributed by atoms with Gasteiger partial charge in [0.05, 0.1) is 0 Å². The first-order chi connectivity index (χ1) is 11.5. The monoisotopic (exact) mass is 327 g/mol. The molecule has 2 rings (SSSR count). The normalized spacial score (nSPS) is 12.2. The third-order valence-electron chi connectivity index (χ3n) is 3.92. The zero-order valence-electron chi connectivity index (χ0n) is 15.2. The van der Waals surface area contributed by atoms with Crippen molar-refractivity contribution in [3.63, 3.8) is 0 Å². The summed E-state index contributed by atoms with van der Waals surface area (Å²) in [5.41, 5.74) is 2.80. The second-order valence-corrected chi connectivity index (χ2v) is 6.92. The van der Waals surface area contributed by atoms with Crippen molar-refractivity contribution in [3.05, 3.63) is 53.9 Å². The Morgan fingerprint density at radius 3 is 2.50 bits per heavy atom. The molecule has 5 nitrogen and oxygen atoms in total. The number of aromatic nitrogens is 2. The lowest BCUT2D eigenvalue weighted by molar-refractivity contribution is 0.570. The summed E-state index contributed by atoms with van der Waals surface area (Å²) >= 11 is 0. The maximum atomic E-state index is 4.27. The third-order valence-corrected chi connectivity index (χ3v) is 3.92. The number of benzene rings is 1. The minimum atomic E-state index is 0.193. The minimum Gasteiger partial charge on any atom is -0.356 e. The number of hydrogen-bond acceptors (Lipinski definition) is 2. The van der Waals surface area contributed by atoms with Gasteiger partial charge in [-0.15, -0.1) is 0 Å². The first kappa shape index (κ1) is 18.0. The van der Waals surface area contributed by atoms with Gasteiger partial charge in [0.25, 0.3) is 0 Å². The molecule has 130 valence electrons. The highest BCUT2D eigenvalue weighted by molar-refractivity contribution is 5.79. The number of rotatable bonds is 6. The first-order valence-electron chi connectivity index (χ1n) is 8.50. The maximum Gasteiger partial charge on any atom is 0.191 e. The molecule has 0 saturated carbocycles. The molecule has 2 aromatic rings. The molecular formula is C19H29N5. The molecule has 0 aliphatic carbocycles. The van der Waals surface area contributed by atoms with Gasteiger partial charge in [-0.1, -0.05) is 45.0 Å². The van der Waals surface area contributed by atoms with E-state index in [0.717, 1.165) is 32.0 Å². The molecule has 0 saturated heterocycles. The number of nitrogens with zero attached hydrogens (tertiary/aromatic N) is 3. The molecule has 0 radical (unpaired) electrons. The molecule has 0 atom stereocenters. The summed E-state index contributed by atoms with van der Waals surface area (Å²) in [6.45, 7) is 9.23. The van der Waals surface area contributed by atoms with E-state index in [-0.39, 0.29) is 5.41 Å². The Hall–Kier alpha value is -2.30. The quantitative estimate of drug-likeness (QED) is 0.487. The number of nitrogens with one attached hydrogen (secondary N) is 2. The number of hydrogen-bond donors (Lipinski definition) is 2. The van der Waals surface area contributed by atoms with E-state index in [1.165, 1.54) is 11.1 Å². The fourth-order valence-corrected chi connectivity index (χ4v) is 2.41. The second kappa shape index (κ2) is 8.52. The van der Waals surface area contributed by atoms with Crippen molar-refractivity contribution in [2.45, 2.75) is 45.7 Å². The van der Waals surface area contributed by atoms with Crippen molar-refractivity contribution in [1.29, 1.82) is 0 Å². The van der Waals surface area contributed by atoms with Crippen molar-refractivity contribution in [3.8, 4) is 0 Å². The van der Waals surface area contributed by atoms with Crippen LogP contribution in [-0.2, 0) is 18.5 Å². The Labute approximate surface area is 145 Å². The molecule has 0 unspecified atom stereocenters. The highest BCUT2D eigenvalue weighted by Gasteiger charge is 2.12. The largest absolute Gasteiger partial charge is 0.356 e. The fraction of sp³-hybridized carbons (Fsp3) is 0.474. The van der Waals surface area contributed by atoms with Crippen molar-refractivity contribution in [1.82, 2.24) is 20.4 Å². The van der Waals surface area contributed by atoms with Crippen LogP contribution >= 0.6 is 0 Å². The van der Waals surface area contributed by atoms with Gasteiger partial charge < -0.3 is 10.6 Å². The number of aryl methyl sites for hydroxylation is 1. The summed E-state index contributed by atoms with van der Waals surface area (Å²) in [5, 5.41) is 10.9. The standard InChI is InChI=1S/C19H29N5/c1-19(2,3)17-9-7-16(8-10-17)15-22-18(20-4)21-11-5-13-24-14-6-12-23-24/h6-10,12,14H,5,11,13,15H2,1-4H3,(H2,20,21,22). The average Bonchev–Trinajstić information content (AvgIpc) is 3.07. The lowest BCUT2D eigenvalue weighted by Crippen LogP contribution is -2.37. The van der Waals surface area contributed by atoms with E-state index in [1.54, 1.807) is 13.2 Å². The Balaban J connectivity index is 1.73. The van der Waals surface area contributed by atoms with Crippen LogP contribution in [-0.4, -0.2) is 29.3 Å². The number of aliphatic imine (C=N–C) groups is 1. The molecule has 0 fully saturated rings. The van der Waals surface area contributed by atoms with Gasteiger partial charge in [0.2, 0.25) is 0 Å². The summed E-state index contributed by atoms with van der Waals surface area (Å²) in [5.74, 6) is 0.829. The lowest BCUT2D eigenvalue weighted by Gasteiger charge is -2.19. The highest BCUT2D eigenvalue weighted by atomic mass is 15.3. The summed E-state index contributed by atoms with van der Waals surface area (Å²) in [4.78, 5) is 4.27. The van der Waals surface area contributed by atoms with Crippen LogP contribution in [0.3, 0.4) is 0 Å². The highest BCUT2D eigenvalue weighted by Crippen LogP contribution is 2.22. The van der Waals surface area contributed by atoms with Gasteiger partial charge >= 0.3 is 0 Å². The molecule has 1 heterocycles. The maximum absolute atomic E-state index is 4.27. The molecule has 5 heteroatoms. The zero-order valence-corrected chi connectivity index (χ0v) is 15.2. The molecule has 1 aromatic heterocycles. The summed E-state index contributed by atoms with van der Waals surface area (Å²) in [7, 11) is 1.80. The van der Waals surface area contributed by atoms with E-state index in [0.29, 0.717) is 0 Å². The van der Waals surface area contributed by atoms with Gasteiger partial charge in [-0.05, 0) is 29.0 Å². The summed E-state index contributed by atoms with van der Waals surface area (Å²) in [6, 6.07) is 10.7. The molecular weight excluding hydrogens is 298 g/mol. The van der Waals surface area contributed by atoms with E-state index in [2.05, 4.69) is 65.8 Å². The van der Waals surface area contributed by atoms with Crippen LogP contribution in [0.1, 0.15) is 38.3 Å².